The molecule has 7 nitrogen and oxygen atoms in total. The van der Waals surface area contributed by atoms with Gasteiger partial charge in [0.1, 0.15) is 11.5 Å². The van der Waals surface area contributed by atoms with Gasteiger partial charge in [-0.15, -0.1) is 12.4 Å². The summed E-state index contributed by atoms with van der Waals surface area (Å²) in [6.07, 6.45) is 0.472. The van der Waals surface area contributed by atoms with Crippen molar-refractivity contribution in [2.45, 2.75) is 18.8 Å². The van der Waals surface area contributed by atoms with Crippen molar-refractivity contribution in [3.63, 3.8) is 0 Å². The van der Waals surface area contributed by atoms with Gasteiger partial charge in [0.15, 0.2) is 0 Å². The van der Waals surface area contributed by atoms with E-state index in [-0.39, 0.29) is 24.3 Å². The van der Waals surface area contributed by atoms with Crippen LogP contribution >= 0.6 is 12.4 Å². The highest BCUT2D eigenvalue weighted by atomic mass is 35.5. The molecule has 1 aliphatic heterocycles. The Kier molecular flexibility index (Phi) is 7.94. The lowest BCUT2D eigenvalue weighted by atomic mass is 9.95. The maximum absolute atomic E-state index is 12.8. The van der Waals surface area contributed by atoms with Crippen molar-refractivity contribution in [2.24, 2.45) is 0 Å². The van der Waals surface area contributed by atoms with Crippen LogP contribution in [0.4, 0.5) is 16.2 Å². The number of hydrogen-bond acceptors (Lipinski definition) is 6. The summed E-state index contributed by atoms with van der Waals surface area (Å²) in [6, 6.07) is 12.8. The lowest BCUT2D eigenvalue weighted by molar-refractivity contribution is -0.140. The van der Waals surface area contributed by atoms with Gasteiger partial charge in [-0.25, -0.2) is 4.79 Å². The smallest absolute Gasteiger partial charge is 0.419 e. The maximum Gasteiger partial charge on any atom is 0.419 e. The highest BCUT2D eigenvalue weighted by Crippen LogP contribution is 2.43. The molecule has 0 saturated carbocycles. The second-order valence-electron chi connectivity index (χ2n) is 7.01. The largest absolute Gasteiger partial charge is 0.497 e. The number of anilines is 2. The number of fused-ring (bicyclic) bond motifs is 1. The number of halogens is 1. The molecular weight excluding hydrogens is 408 g/mol. The molecule has 2 aromatic carbocycles. The number of likely N-dealkylation sites (N-methyl/N-ethyl adjacent to an activating group) is 1. The van der Waals surface area contributed by atoms with Crippen LogP contribution in [0, 0.1) is 0 Å². The number of hydrogen-bond donors (Lipinski definition) is 0. The van der Waals surface area contributed by atoms with E-state index in [0.717, 1.165) is 17.8 Å². The Balaban J connectivity index is 0.00000320. The molecule has 0 bridgehead atoms. The topological polar surface area (TPSA) is 68.3 Å². The van der Waals surface area contributed by atoms with Crippen LogP contribution in [0.2, 0.25) is 0 Å². The molecule has 0 fully saturated rings. The Morgan fingerprint density at radius 3 is 2.47 bits per heavy atom. The average Bonchev–Trinajstić information content (AvgIpc) is 3.08. The van der Waals surface area contributed by atoms with Crippen LogP contribution in [0.5, 0.6) is 11.5 Å². The van der Waals surface area contributed by atoms with Crippen LogP contribution in [0.15, 0.2) is 42.5 Å². The van der Waals surface area contributed by atoms with E-state index in [0.29, 0.717) is 30.0 Å². The third-order valence-corrected chi connectivity index (χ3v) is 5.21. The molecule has 0 aromatic heterocycles. The zero-order valence-electron chi connectivity index (χ0n) is 17.6. The number of methoxy groups -OCH3 is 2. The summed E-state index contributed by atoms with van der Waals surface area (Å²) in [7, 11) is 6.64. The minimum absolute atomic E-state index is 0. The molecule has 1 atom stereocenters. The Morgan fingerprint density at radius 1 is 1.13 bits per heavy atom. The number of nitrogens with zero attached hydrogens (tertiary/aromatic N) is 2. The number of carbonyl (C=O) groups is 2. The number of benzene rings is 2. The van der Waals surface area contributed by atoms with E-state index < -0.39 is 6.09 Å². The van der Waals surface area contributed by atoms with Crippen LogP contribution in [0.3, 0.4) is 0 Å². The van der Waals surface area contributed by atoms with Gasteiger partial charge in [0, 0.05) is 49.9 Å². The highest BCUT2D eigenvalue weighted by Gasteiger charge is 2.31. The minimum Gasteiger partial charge on any atom is -0.497 e. The van der Waals surface area contributed by atoms with Crippen molar-refractivity contribution in [1.82, 2.24) is 0 Å². The third kappa shape index (κ3) is 4.97. The number of rotatable bonds is 6. The third-order valence-electron chi connectivity index (χ3n) is 5.21. The second kappa shape index (κ2) is 10.2. The van der Waals surface area contributed by atoms with Gasteiger partial charge in [0.2, 0.25) is 0 Å². The Hall–Kier alpha value is -2.93. The molecule has 2 aromatic rings. The van der Waals surface area contributed by atoms with Gasteiger partial charge in [0.05, 0.1) is 14.2 Å². The molecule has 0 saturated heterocycles. The van der Waals surface area contributed by atoms with Crippen LogP contribution in [0.1, 0.15) is 24.3 Å². The van der Waals surface area contributed by atoms with E-state index in [1.54, 1.807) is 44.5 Å². The van der Waals surface area contributed by atoms with Crippen molar-refractivity contribution in [1.29, 1.82) is 0 Å². The van der Waals surface area contributed by atoms with Crippen LogP contribution < -0.4 is 19.3 Å². The Bertz CT molecular complexity index is 888. The van der Waals surface area contributed by atoms with E-state index in [9.17, 15) is 9.59 Å². The molecule has 0 spiro atoms. The highest BCUT2D eigenvalue weighted by molar-refractivity contribution is 5.89. The second-order valence-corrected chi connectivity index (χ2v) is 7.01. The molecular formula is C22H27ClN2O5. The van der Waals surface area contributed by atoms with Crippen LogP contribution in [-0.2, 0) is 9.53 Å². The monoisotopic (exact) mass is 434 g/mol. The molecule has 30 heavy (non-hydrogen) atoms. The lowest BCUT2D eigenvalue weighted by Crippen LogP contribution is -2.29. The fraction of sp³-hybridized carbons (Fsp3) is 0.364. The first-order valence-corrected chi connectivity index (χ1v) is 9.45. The summed E-state index contributed by atoms with van der Waals surface area (Å²) < 4.78 is 15.7. The fourth-order valence-corrected chi connectivity index (χ4v) is 3.59. The number of esters is 1. The van der Waals surface area contributed by atoms with Crippen molar-refractivity contribution < 1.29 is 23.8 Å². The van der Waals surface area contributed by atoms with Crippen molar-refractivity contribution >= 4 is 35.8 Å². The lowest BCUT2D eigenvalue weighted by Gasteiger charge is -2.19. The van der Waals surface area contributed by atoms with E-state index in [1.807, 2.05) is 19.2 Å². The Labute approximate surface area is 182 Å². The SMILES string of the molecule is COC(=O)CCC1CN(C)c2cccc(OC(=O)N(C)c3ccc(OC)cc3)c21.Cl. The molecule has 162 valence electrons. The predicted octanol–water partition coefficient (Wildman–Crippen LogP) is 4.24. The van der Waals surface area contributed by atoms with Crippen molar-refractivity contribution in [2.75, 3.05) is 44.7 Å². The zero-order valence-corrected chi connectivity index (χ0v) is 18.4. The van der Waals surface area contributed by atoms with E-state index in [1.165, 1.54) is 12.0 Å². The van der Waals surface area contributed by atoms with Crippen LogP contribution in [0.25, 0.3) is 0 Å². The van der Waals surface area contributed by atoms with Gasteiger partial charge in [-0.3, -0.25) is 9.69 Å². The molecule has 1 amide bonds. The Morgan fingerprint density at radius 2 is 1.83 bits per heavy atom. The summed E-state index contributed by atoms with van der Waals surface area (Å²) in [5.74, 6) is 1.08. The zero-order chi connectivity index (χ0) is 21.0. The fourth-order valence-electron chi connectivity index (χ4n) is 3.59. The van der Waals surface area contributed by atoms with Crippen molar-refractivity contribution in [3.8, 4) is 11.5 Å². The number of carbonyl (C=O) groups excluding carboxylic acids is 2. The van der Waals surface area contributed by atoms with Gasteiger partial charge in [0.25, 0.3) is 0 Å². The van der Waals surface area contributed by atoms with E-state index in [4.69, 9.17) is 14.2 Å². The number of ether oxygens (including phenoxy) is 3. The molecule has 3 rings (SSSR count). The summed E-state index contributed by atoms with van der Waals surface area (Å²) in [6.45, 7) is 0.759. The quantitative estimate of drug-likeness (QED) is 0.633. The first kappa shape index (κ1) is 23.3. The molecule has 1 aliphatic rings. The molecule has 8 heteroatoms. The molecule has 1 unspecified atom stereocenters. The van der Waals surface area contributed by atoms with Gasteiger partial charge >= 0.3 is 12.1 Å². The van der Waals surface area contributed by atoms with Gasteiger partial charge in [-0.05, 0) is 42.8 Å². The first-order valence-electron chi connectivity index (χ1n) is 9.45. The summed E-state index contributed by atoms with van der Waals surface area (Å²) in [5.41, 5.74) is 2.66. The molecule has 0 N–H and O–H groups in total. The predicted molar refractivity (Wildman–Crippen MR) is 118 cm³/mol. The molecule has 1 heterocycles. The maximum atomic E-state index is 12.8. The summed E-state index contributed by atoms with van der Waals surface area (Å²) >= 11 is 0. The average molecular weight is 435 g/mol. The van der Waals surface area contributed by atoms with Gasteiger partial charge in [-0.1, -0.05) is 6.07 Å². The summed E-state index contributed by atoms with van der Waals surface area (Å²) in [5, 5.41) is 0. The molecule has 0 aliphatic carbocycles. The van der Waals surface area contributed by atoms with Gasteiger partial charge in [-0.2, -0.15) is 0 Å². The van der Waals surface area contributed by atoms with Crippen LogP contribution in [-0.4, -0.2) is 46.9 Å². The molecule has 0 radical (unpaired) electrons. The standard InChI is InChI=1S/C22H26N2O5.ClH/c1-23-14-15(8-13-20(25)28-4)21-18(23)6-5-7-19(21)29-22(26)24(2)16-9-11-17(27-3)12-10-16;/h5-7,9-12,15H,8,13-14H2,1-4H3;1H. The van der Waals surface area contributed by atoms with Crippen molar-refractivity contribution in [3.05, 3.63) is 48.0 Å². The van der Waals surface area contributed by atoms with Gasteiger partial charge < -0.3 is 19.1 Å². The normalized spacial score (nSPS) is 14.4. The first-order chi connectivity index (χ1) is 13.9. The van der Waals surface area contributed by atoms with E-state index >= 15 is 0 Å². The summed E-state index contributed by atoms with van der Waals surface area (Å²) in [4.78, 5) is 27.9. The van der Waals surface area contributed by atoms with E-state index in [2.05, 4.69) is 4.90 Å². The number of amides is 1. The minimum atomic E-state index is -0.482.